The number of aliphatic hydroxyl groups excluding tert-OH is 1. The van der Waals surface area contributed by atoms with Crippen LogP contribution in [0.4, 0.5) is 0 Å². The maximum atomic E-state index is 10.8. The van der Waals surface area contributed by atoms with Crippen LogP contribution in [0, 0.1) is 0 Å². The molecule has 5 nitrogen and oxygen atoms in total. The molecule has 0 aliphatic heterocycles. The zero-order valence-corrected chi connectivity index (χ0v) is 7.65. The highest BCUT2D eigenvalue weighted by Crippen LogP contribution is 2.03. The standard InChI is InChI=1S/C9H10O5/c1-4-7(11)13-8(5-2)14-9(12)6(3)10/h4-5,10H,1,3H2,2H3/b8-5-. The molecule has 0 saturated carbocycles. The van der Waals surface area contributed by atoms with E-state index in [1.165, 1.54) is 13.0 Å². The van der Waals surface area contributed by atoms with E-state index in [9.17, 15) is 9.59 Å². The van der Waals surface area contributed by atoms with E-state index in [-0.39, 0.29) is 5.95 Å². The Balaban J connectivity index is 4.32. The van der Waals surface area contributed by atoms with E-state index in [4.69, 9.17) is 5.11 Å². The van der Waals surface area contributed by atoms with Gasteiger partial charge < -0.3 is 14.6 Å². The van der Waals surface area contributed by atoms with Crippen LogP contribution in [0.5, 0.6) is 0 Å². The van der Waals surface area contributed by atoms with Crippen molar-refractivity contribution in [1.82, 2.24) is 0 Å². The number of aliphatic hydroxyl groups is 1. The van der Waals surface area contributed by atoms with Crippen LogP contribution >= 0.6 is 0 Å². The van der Waals surface area contributed by atoms with Gasteiger partial charge in [0.1, 0.15) is 0 Å². The molecule has 0 aliphatic rings. The Hall–Kier alpha value is -2.04. The molecule has 0 saturated heterocycles. The second-order valence-corrected chi connectivity index (χ2v) is 2.07. The maximum Gasteiger partial charge on any atom is 0.380 e. The lowest BCUT2D eigenvalue weighted by Gasteiger charge is -2.05. The fourth-order valence-corrected chi connectivity index (χ4v) is 0.430. The third kappa shape index (κ3) is 4.10. The van der Waals surface area contributed by atoms with Crippen LogP contribution in [0.2, 0.25) is 0 Å². The SMILES string of the molecule is C=CC(=O)O/C(=C/C)OC(=O)C(=C)O. The first-order valence-corrected chi connectivity index (χ1v) is 3.61. The normalized spacial score (nSPS) is 10.2. The van der Waals surface area contributed by atoms with E-state index in [0.29, 0.717) is 0 Å². The molecule has 0 spiro atoms. The summed E-state index contributed by atoms with van der Waals surface area (Å²) < 4.78 is 8.89. The molecule has 0 atom stereocenters. The molecule has 0 amide bonds. The van der Waals surface area contributed by atoms with Gasteiger partial charge in [0.25, 0.3) is 5.95 Å². The molecule has 0 aromatic carbocycles. The average molecular weight is 198 g/mol. The number of esters is 2. The number of carbonyl (C=O) groups is 2. The van der Waals surface area contributed by atoms with Crippen molar-refractivity contribution >= 4 is 11.9 Å². The van der Waals surface area contributed by atoms with Crippen LogP contribution in [-0.4, -0.2) is 17.0 Å². The summed E-state index contributed by atoms with van der Waals surface area (Å²) in [6.07, 6.45) is 2.15. The Kier molecular flexibility index (Phi) is 4.77. The number of allylic oxidation sites excluding steroid dienone is 1. The largest absolute Gasteiger partial charge is 0.502 e. The molecule has 0 radical (unpaired) electrons. The minimum atomic E-state index is -1.09. The van der Waals surface area contributed by atoms with Gasteiger partial charge >= 0.3 is 11.9 Å². The predicted octanol–water partition coefficient (Wildman–Crippen LogP) is 1.19. The Morgan fingerprint density at radius 2 is 1.93 bits per heavy atom. The highest BCUT2D eigenvalue weighted by Gasteiger charge is 2.12. The summed E-state index contributed by atoms with van der Waals surface area (Å²) in [6, 6.07) is 0. The van der Waals surface area contributed by atoms with Crippen molar-refractivity contribution in [3.8, 4) is 0 Å². The Morgan fingerprint density at radius 3 is 2.29 bits per heavy atom. The van der Waals surface area contributed by atoms with E-state index >= 15 is 0 Å². The van der Waals surface area contributed by atoms with Crippen molar-refractivity contribution in [3.05, 3.63) is 37.0 Å². The zero-order valence-electron chi connectivity index (χ0n) is 7.65. The van der Waals surface area contributed by atoms with Crippen LogP contribution in [0.1, 0.15) is 6.92 Å². The topological polar surface area (TPSA) is 72.8 Å². The smallest absolute Gasteiger partial charge is 0.380 e. The third-order valence-electron chi connectivity index (χ3n) is 1.03. The average Bonchev–Trinajstić information content (AvgIpc) is 2.16. The van der Waals surface area contributed by atoms with Gasteiger partial charge in [-0.25, -0.2) is 9.59 Å². The van der Waals surface area contributed by atoms with E-state index in [0.717, 1.165) is 6.08 Å². The molecule has 0 bridgehead atoms. The van der Waals surface area contributed by atoms with Crippen LogP contribution in [0.15, 0.2) is 37.0 Å². The summed E-state index contributed by atoms with van der Waals surface area (Å²) in [5.41, 5.74) is 0. The second-order valence-electron chi connectivity index (χ2n) is 2.07. The lowest BCUT2D eigenvalue weighted by atomic mass is 10.6. The van der Waals surface area contributed by atoms with Crippen molar-refractivity contribution in [1.29, 1.82) is 0 Å². The molecule has 0 rings (SSSR count). The minimum absolute atomic E-state index is 0.338. The van der Waals surface area contributed by atoms with Crippen LogP contribution in [-0.2, 0) is 19.1 Å². The number of rotatable bonds is 4. The number of carbonyl (C=O) groups excluding carboxylic acids is 2. The lowest BCUT2D eigenvalue weighted by Crippen LogP contribution is -2.10. The summed E-state index contributed by atoms with van der Waals surface area (Å²) in [6.45, 7) is 7.57. The molecule has 0 heterocycles. The summed E-state index contributed by atoms with van der Waals surface area (Å²) in [4.78, 5) is 21.4. The lowest BCUT2D eigenvalue weighted by molar-refractivity contribution is -0.150. The molecule has 0 aromatic heterocycles. The van der Waals surface area contributed by atoms with E-state index in [2.05, 4.69) is 22.6 Å². The van der Waals surface area contributed by atoms with Crippen molar-refractivity contribution in [3.63, 3.8) is 0 Å². The second kappa shape index (κ2) is 5.58. The first-order valence-electron chi connectivity index (χ1n) is 3.61. The van der Waals surface area contributed by atoms with Gasteiger partial charge in [-0.1, -0.05) is 6.58 Å². The van der Waals surface area contributed by atoms with Crippen molar-refractivity contribution < 1.29 is 24.2 Å². The number of hydrogen-bond acceptors (Lipinski definition) is 5. The van der Waals surface area contributed by atoms with Gasteiger partial charge in [0.05, 0.1) is 0 Å². The third-order valence-corrected chi connectivity index (χ3v) is 1.03. The van der Waals surface area contributed by atoms with Crippen LogP contribution in [0.3, 0.4) is 0 Å². The van der Waals surface area contributed by atoms with Gasteiger partial charge in [-0.05, 0) is 19.6 Å². The van der Waals surface area contributed by atoms with Gasteiger partial charge in [0.15, 0.2) is 5.76 Å². The van der Waals surface area contributed by atoms with Crippen molar-refractivity contribution in [2.24, 2.45) is 0 Å². The fraction of sp³-hybridized carbons (Fsp3) is 0.111. The maximum absolute atomic E-state index is 10.8. The van der Waals surface area contributed by atoms with E-state index in [1.807, 2.05) is 0 Å². The highest BCUT2D eigenvalue weighted by atomic mass is 16.7. The molecular formula is C9H10O5. The Labute approximate surface area is 80.9 Å². The monoisotopic (exact) mass is 198 g/mol. The first-order chi connectivity index (χ1) is 6.51. The summed E-state index contributed by atoms with van der Waals surface area (Å²) in [7, 11) is 0. The van der Waals surface area contributed by atoms with Gasteiger partial charge in [-0.15, -0.1) is 0 Å². The first kappa shape index (κ1) is 12.0. The molecular weight excluding hydrogens is 188 g/mol. The van der Waals surface area contributed by atoms with Gasteiger partial charge in [-0.2, -0.15) is 0 Å². The summed E-state index contributed by atoms with van der Waals surface area (Å²) in [5.74, 6) is -2.97. The number of ether oxygens (including phenoxy) is 2. The Bertz CT molecular complexity index is 300. The molecule has 0 unspecified atom stereocenters. The van der Waals surface area contributed by atoms with Crippen molar-refractivity contribution in [2.45, 2.75) is 6.92 Å². The fourth-order valence-electron chi connectivity index (χ4n) is 0.430. The minimum Gasteiger partial charge on any atom is -0.502 e. The van der Waals surface area contributed by atoms with E-state index < -0.39 is 17.7 Å². The van der Waals surface area contributed by atoms with Gasteiger partial charge in [-0.3, -0.25) is 0 Å². The predicted molar refractivity (Wildman–Crippen MR) is 47.9 cm³/mol. The Morgan fingerprint density at radius 1 is 1.36 bits per heavy atom. The van der Waals surface area contributed by atoms with Gasteiger partial charge in [0.2, 0.25) is 0 Å². The van der Waals surface area contributed by atoms with Crippen LogP contribution < -0.4 is 0 Å². The summed E-state index contributed by atoms with van der Waals surface area (Å²) >= 11 is 0. The zero-order chi connectivity index (χ0) is 11.1. The molecule has 0 fully saturated rings. The van der Waals surface area contributed by atoms with E-state index in [1.54, 1.807) is 0 Å². The number of hydrogen-bond donors (Lipinski definition) is 1. The molecule has 0 aromatic rings. The molecule has 76 valence electrons. The van der Waals surface area contributed by atoms with Gasteiger partial charge in [0, 0.05) is 6.08 Å². The molecule has 14 heavy (non-hydrogen) atoms. The molecule has 5 heteroatoms. The molecule has 0 aliphatic carbocycles. The van der Waals surface area contributed by atoms with Crippen LogP contribution in [0.25, 0.3) is 0 Å². The quantitative estimate of drug-likeness (QED) is 0.417. The molecule has 1 N–H and O–H groups in total. The summed E-state index contributed by atoms with van der Waals surface area (Å²) in [5, 5.41) is 8.60. The highest BCUT2D eigenvalue weighted by molar-refractivity contribution is 5.86. The van der Waals surface area contributed by atoms with Crippen molar-refractivity contribution in [2.75, 3.05) is 0 Å².